The van der Waals surface area contributed by atoms with Crippen LogP contribution in [0, 0.1) is 0 Å². The summed E-state index contributed by atoms with van der Waals surface area (Å²) in [5, 5.41) is 0.684. The van der Waals surface area contributed by atoms with E-state index in [1.54, 1.807) is 6.07 Å². The third-order valence-corrected chi connectivity index (χ3v) is 4.65. The number of H-pyrrole nitrogens is 1. The summed E-state index contributed by atoms with van der Waals surface area (Å²) in [6.07, 6.45) is 9.01. The summed E-state index contributed by atoms with van der Waals surface area (Å²) in [6.45, 7) is 6.62. The van der Waals surface area contributed by atoms with Gasteiger partial charge in [-0.2, -0.15) is 0 Å². The smallest absolute Gasteiger partial charge is 0.308 e. The molecule has 2 aromatic rings. The maximum Gasteiger partial charge on any atom is 0.308 e. The molecule has 0 aliphatic rings. The zero-order chi connectivity index (χ0) is 21.1. The van der Waals surface area contributed by atoms with Crippen molar-refractivity contribution in [2.24, 2.45) is 0 Å². The van der Waals surface area contributed by atoms with Gasteiger partial charge in [0.25, 0.3) is 5.56 Å². The predicted octanol–water partition coefficient (Wildman–Crippen LogP) is 5.37. The minimum absolute atomic E-state index is 0.0955. The zero-order valence-electron chi connectivity index (χ0n) is 17.8. The molecule has 0 amide bonds. The van der Waals surface area contributed by atoms with E-state index < -0.39 is 11.5 Å². The number of ether oxygens (including phenoxy) is 3. The molecule has 6 heteroatoms. The molecule has 1 N–H and O–H groups in total. The Morgan fingerprint density at radius 1 is 0.897 bits per heavy atom. The van der Waals surface area contributed by atoms with Gasteiger partial charge in [0.1, 0.15) is 5.75 Å². The first-order valence-electron chi connectivity index (χ1n) is 10.7. The molecular formula is C23H33NO5. The van der Waals surface area contributed by atoms with Crippen LogP contribution in [-0.4, -0.2) is 24.2 Å². The van der Waals surface area contributed by atoms with Crippen LogP contribution in [0.3, 0.4) is 0 Å². The maximum atomic E-state index is 12.5. The van der Waals surface area contributed by atoms with Gasteiger partial charge >= 0.3 is 5.97 Å². The lowest BCUT2D eigenvalue weighted by molar-refractivity contribution is -0.132. The topological polar surface area (TPSA) is 77.6 Å². The minimum atomic E-state index is -0.561. The van der Waals surface area contributed by atoms with E-state index in [-0.39, 0.29) is 5.75 Å². The van der Waals surface area contributed by atoms with Crippen LogP contribution in [0.1, 0.15) is 72.1 Å². The van der Waals surface area contributed by atoms with Crippen LogP contribution in [-0.2, 0) is 4.79 Å². The predicted molar refractivity (Wildman–Crippen MR) is 115 cm³/mol. The lowest BCUT2D eigenvalue weighted by Crippen LogP contribution is -2.16. The van der Waals surface area contributed by atoms with Crippen molar-refractivity contribution < 1.29 is 19.0 Å². The number of esters is 1. The molecule has 6 nitrogen and oxygen atoms in total. The van der Waals surface area contributed by atoms with Crippen molar-refractivity contribution in [2.75, 3.05) is 13.2 Å². The largest absolute Gasteiger partial charge is 0.494 e. The number of carbonyl (C=O) groups excluding carboxylic acids is 1. The molecule has 1 aromatic heterocycles. The van der Waals surface area contributed by atoms with Gasteiger partial charge in [0, 0.05) is 18.4 Å². The van der Waals surface area contributed by atoms with Gasteiger partial charge in [-0.15, -0.1) is 0 Å². The summed E-state index contributed by atoms with van der Waals surface area (Å²) in [6, 6.07) is 5.47. The van der Waals surface area contributed by atoms with E-state index in [0.29, 0.717) is 35.6 Å². The first-order chi connectivity index (χ1) is 14.1. The van der Waals surface area contributed by atoms with Crippen molar-refractivity contribution in [3.05, 3.63) is 28.6 Å². The first kappa shape index (κ1) is 22.8. The lowest BCUT2D eigenvalue weighted by Gasteiger charge is -2.14. The Hall–Kier alpha value is -2.50. The molecule has 0 spiro atoms. The quantitative estimate of drug-likeness (QED) is 0.359. The Labute approximate surface area is 172 Å². The van der Waals surface area contributed by atoms with Gasteiger partial charge < -0.3 is 19.2 Å². The van der Waals surface area contributed by atoms with E-state index in [1.165, 1.54) is 32.6 Å². The molecule has 0 bridgehead atoms. The molecular weight excluding hydrogens is 370 g/mol. The molecule has 160 valence electrons. The van der Waals surface area contributed by atoms with Gasteiger partial charge in [-0.1, -0.05) is 52.4 Å². The van der Waals surface area contributed by atoms with Gasteiger partial charge in [-0.25, -0.2) is 0 Å². The van der Waals surface area contributed by atoms with Crippen LogP contribution in [0.25, 0.3) is 10.9 Å². The third-order valence-electron chi connectivity index (χ3n) is 4.65. The SMILES string of the molecule is CCCCCCCCOc1ccc2c(OCCCC)c(OC(C)=O)c(=O)[nH]c2c1. The highest BCUT2D eigenvalue weighted by atomic mass is 16.6. The summed E-state index contributed by atoms with van der Waals surface area (Å²) in [7, 11) is 0. The number of hydrogen-bond acceptors (Lipinski definition) is 5. The van der Waals surface area contributed by atoms with Crippen LogP contribution in [0.2, 0.25) is 0 Å². The van der Waals surface area contributed by atoms with Crippen molar-refractivity contribution in [1.82, 2.24) is 4.98 Å². The lowest BCUT2D eigenvalue weighted by atomic mass is 10.1. The zero-order valence-corrected chi connectivity index (χ0v) is 17.8. The van der Waals surface area contributed by atoms with E-state index in [0.717, 1.165) is 25.7 Å². The van der Waals surface area contributed by atoms with E-state index >= 15 is 0 Å². The van der Waals surface area contributed by atoms with Crippen molar-refractivity contribution in [3.63, 3.8) is 0 Å². The Bertz CT molecular complexity index is 843. The fourth-order valence-corrected chi connectivity index (χ4v) is 3.09. The number of aromatic amines is 1. The number of benzene rings is 1. The second-order valence-corrected chi connectivity index (χ2v) is 7.23. The number of pyridine rings is 1. The Morgan fingerprint density at radius 3 is 2.31 bits per heavy atom. The van der Waals surface area contributed by atoms with E-state index in [1.807, 2.05) is 12.1 Å². The average molecular weight is 404 g/mol. The van der Waals surface area contributed by atoms with Gasteiger partial charge in [0.2, 0.25) is 5.75 Å². The van der Waals surface area contributed by atoms with Crippen LogP contribution < -0.4 is 19.8 Å². The first-order valence-corrected chi connectivity index (χ1v) is 10.7. The molecule has 0 aliphatic heterocycles. The average Bonchev–Trinajstić information content (AvgIpc) is 2.69. The Kier molecular flexibility index (Phi) is 9.54. The van der Waals surface area contributed by atoms with Crippen molar-refractivity contribution in [3.8, 4) is 17.2 Å². The van der Waals surface area contributed by atoms with Crippen LogP contribution >= 0.6 is 0 Å². The van der Waals surface area contributed by atoms with Gasteiger partial charge in [-0.05, 0) is 25.0 Å². The number of fused-ring (bicyclic) bond motifs is 1. The summed E-state index contributed by atoms with van der Waals surface area (Å²) in [4.78, 5) is 26.6. The highest BCUT2D eigenvalue weighted by molar-refractivity contribution is 5.89. The third kappa shape index (κ3) is 7.11. The highest BCUT2D eigenvalue weighted by Crippen LogP contribution is 2.33. The molecule has 0 aliphatic carbocycles. The van der Waals surface area contributed by atoms with E-state index in [2.05, 4.69) is 18.8 Å². The van der Waals surface area contributed by atoms with Gasteiger partial charge in [0.15, 0.2) is 5.75 Å². The molecule has 0 atom stereocenters. The van der Waals surface area contributed by atoms with Gasteiger partial charge in [0.05, 0.1) is 18.7 Å². The summed E-state index contributed by atoms with van der Waals surface area (Å²) < 4.78 is 16.8. The number of carbonyl (C=O) groups is 1. The second-order valence-electron chi connectivity index (χ2n) is 7.23. The maximum absolute atomic E-state index is 12.5. The normalized spacial score (nSPS) is 10.9. The summed E-state index contributed by atoms with van der Waals surface area (Å²) in [5.41, 5.74) is 0.102. The van der Waals surface area contributed by atoms with Crippen molar-refractivity contribution >= 4 is 16.9 Å². The van der Waals surface area contributed by atoms with Crippen LogP contribution in [0.4, 0.5) is 0 Å². The number of hydrogen-bond donors (Lipinski definition) is 1. The van der Waals surface area contributed by atoms with Crippen molar-refractivity contribution in [1.29, 1.82) is 0 Å². The molecule has 0 saturated carbocycles. The summed E-state index contributed by atoms with van der Waals surface area (Å²) in [5.74, 6) is 0.340. The molecule has 1 heterocycles. The highest BCUT2D eigenvalue weighted by Gasteiger charge is 2.18. The monoisotopic (exact) mass is 403 g/mol. The fraction of sp³-hybridized carbons (Fsp3) is 0.565. The molecule has 2 rings (SSSR count). The molecule has 0 unspecified atom stereocenters. The van der Waals surface area contributed by atoms with Crippen LogP contribution in [0.5, 0.6) is 17.2 Å². The second kappa shape index (κ2) is 12.1. The van der Waals surface area contributed by atoms with Gasteiger partial charge in [-0.3, -0.25) is 9.59 Å². The fourth-order valence-electron chi connectivity index (χ4n) is 3.09. The minimum Gasteiger partial charge on any atom is -0.494 e. The van der Waals surface area contributed by atoms with E-state index in [4.69, 9.17) is 14.2 Å². The Morgan fingerprint density at radius 2 is 1.59 bits per heavy atom. The van der Waals surface area contributed by atoms with E-state index in [9.17, 15) is 9.59 Å². The number of unbranched alkanes of at least 4 members (excludes halogenated alkanes) is 6. The molecule has 0 radical (unpaired) electrons. The van der Waals surface area contributed by atoms with Crippen LogP contribution in [0.15, 0.2) is 23.0 Å². The molecule has 29 heavy (non-hydrogen) atoms. The number of rotatable bonds is 13. The summed E-state index contributed by atoms with van der Waals surface area (Å²) >= 11 is 0. The number of nitrogens with one attached hydrogen (secondary N) is 1. The molecule has 0 saturated heterocycles. The number of aromatic nitrogens is 1. The van der Waals surface area contributed by atoms with Crippen molar-refractivity contribution in [2.45, 2.75) is 72.1 Å². The molecule has 1 aromatic carbocycles. The Balaban J connectivity index is 2.14. The standard InChI is InChI=1S/C23H33NO5/c1-4-6-8-9-10-11-15-27-18-12-13-19-20(16-18)24-23(26)22(29-17(3)25)21(19)28-14-7-5-2/h12-13,16H,4-11,14-15H2,1-3H3,(H,24,26). The molecule has 0 fully saturated rings.